The molecule has 1 atom stereocenters. The Bertz CT molecular complexity index is 570. The number of carboxylic acid groups (broad SMARTS) is 1. The van der Waals surface area contributed by atoms with E-state index < -0.39 is 5.97 Å². The van der Waals surface area contributed by atoms with Gasteiger partial charge in [0, 0.05) is 31.1 Å². The Hall–Kier alpha value is -1.53. The van der Waals surface area contributed by atoms with Crippen LogP contribution in [-0.4, -0.2) is 52.5 Å². The molecule has 3 rings (SSSR count). The summed E-state index contributed by atoms with van der Waals surface area (Å²) in [7, 11) is 0. The Morgan fingerprint density at radius 1 is 1.38 bits per heavy atom. The largest absolute Gasteiger partial charge is 0.478 e. The predicted octanol–water partition coefficient (Wildman–Crippen LogP) is 0.974. The van der Waals surface area contributed by atoms with Crippen molar-refractivity contribution in [3.63, 3.8) is 0 Å². The summed E-state index contributed by atoms with van der Waals surface area (Å²) in [6.45, 7) is 1.98. The normalized spacial score (nSPS) is 21.7. The molecular formula is C15H18N2O3S. The fourth-order valence-electron chi connectivity index (χ4n) is 2.94. The van der Waals surface area contributed by atoms with Crippen LogP contribution in [0, 0.1) is 0 Å². The summed E-state index contributed by atoms with van der Waals surface area (Å²) >= 11 is 1.80. The zero-order valence-corrected chi connectivity index (χ0v) is 12.5. The van der Waals surface area contributed by atoms with Crippen LogP contribution in [0.3, 0.4) is 0 Å². The van der Waals surface area contributed by atoms with E-state index in [0.29, 0.717) is 25.1 Å². The van der Waals surface area contributed by atoms with Gasteiger partial charge >= 0.3 is 5.97 Å². The summed E-state index contributed by atoms with van der Waals surface area (Å²) in [6.07, 6.45) is 0.614. The smallest absolute Gasteiger partial charge is 0.335 e. The topological polar surface area (TPSA) is 69.6 Å². The molecular weight excluding hydrogens is 288 g/mol. The molecule has 0 spiro atoms. The standard InChI is InChI=1S/C15H18N2O3S/c18-14(13-9-21-7-5-16-13)17-6-4-11-10(8-17)2-1-3-12(11)15(19)20/h1-3,13,16H,4-9H2,(H,19,20). The first-order valence-corrected chi connectivity index (χ1v) is 8.26. The lowest BCUT2D eigenvalue weighted by molar-refractivity contribution is -0.133. The van der Waals surface area contributed by atoms with E-state index in [-0.39, 0.29) is 11.9 Å². The van der Waals surface area contributed by atoms with Gasteiger partial charge in [0.2, 0.25) is 5.91 Å². The van der Waals surface area contributed by atoms with Crippen LogP contribution < -0.4 is 5.32 Å². The van der Waals surface area contributed by atoms with Crippen molar-refractivity contribution in [2.24, 2.45) is 0 Å². The fourth-order valence-corrected chi connectivity index (χ4v) is 3.87. The quantitative estimate of drug-likeness (QED) is 0.852. The monoisotopic (exact) mass is 306 g/mol. The third-order valence-electron chi connectivity index (χ3n) is 4.03. The molecule has 0 bridgehead atoms. The lowest BCUT2D eigenvalue weighted by Crippen LogP contribution is -2.51. The van der Waals surface area contributed by atoms with E-state index in [1.807, 2.05) is 11.0 Å². The van der Waals surface area contributed by atoms with Gasteiger partial charge in [-0.15, -0.1) is 0 Å². The summed E-state index contributed by atoms with van der Waals surface area (Å²) in [5, 5.41) is 12.5. The summed E-state index contributed by atoms with van der Waals surface area (Å²) in [5.41, 5.74) is 2.20. The molecule has 2 heterocycles. The SMILES string of the molecule is O=C(O)c1cccc2c1CCN(C(=O)C1CSCCN1)C2. The lowest BCUT2D eigenvalue weighted by atomic mass is 9.94. The molecule has 1 unspecified atom stereocenters. The summed E-state index contributed by atoms with van der Waals surface area (Å²) in [6, 6.07) is 5.21. The highest BCUT2D eigenvalue weighted by Crippen LogP contribution is 2.23. The number of benzene rings is 1. The Morgan fingerprint density at radius 3 is 2.95 bits per heavy atom. The van der Waals surface area contributed by atoms with Crippen LogP contribution in [0.5, 0.6) is 0 Å². The number of fused-ring (bicyclic) bond motifs is 1. The number of hydrogen-bond donors (Lipinski definition) is 2. The van der Waals surface area contributed by atoms with Crippen molar-refractivity contribution in [1.29, 1.82) is 0 Å². The van der Waals surface area contributed by atoms with Crippen molar-refractivity contribution in [3.8, 4) is 0 Å². The first-order valence-electron chi connectivity index (χ1n) is 7.11. The Balaban J connectivity index is 1.77. The molecule has 1 aromatic rings. The Kier molecular flexibility index (Phi) is 4.17. The minimum Gasteiger partial charge on any atom is -0.478 e. The molecule has 0 aliphatic carbocycles. The van der Waals surface area contributed by atoms with Crippen LogP contribution in [0.25, 0.3) is 0 Å². The fraction of sp³-hybridized carbons (Fsp3) is 0.467. The second-order valence-electron chi connectivity index (χ2n) is 5.34. The first-order chi connectivity index (χ1) is 10.2. The first kappa shape index (κ1) is 14.4. The van der Waals surface area contributed by atoms with Crippen molar-refractivity contribution in [2.75, 3.05) is 24.6 Å². The number of carboxylic acids is 1. The van der Waals surface area contributed by atoms with E-state index in [2.05, 4.69) is 5.32 Å². The number of carbonyl (C=O) groups is 2. The second-order valence-corrected chi connectivity index (χ2v) is 6.49. The molecule has 2 aliphatic rings. The van der Waals surface area contributed by atoms with Gasteiger partial charge in [-0.1, -0.05) is 12.1 Å². The van der Waals surface area contributed by atoms with Crippen LogP contribution in [0.15, 0.2) is 18.2 Å². The average molecular weight is 306 g/mol. The van der Waals surface area contributed by atoms with Gasteiger partial charge in [-0.25, -0.2) is 4.79 Å². The number of nitrogens with one attached hydrogen (secondary N) is 1. The van der Waals surface area contributed by atoms with Gasteiger partial charge in [0.1, 0.15) is 0 Å². The van der Waals surface area contributed by atoms with Crippen LogP contribution in [0.1, 0.15) is 21.5 Å². The van der Waals surface area contributed by atoms with Crippen LogP contribution in [0.2, 0.25) is 0 Å². The van der Waals surface area contributed by atoms with Gasteiger partial charge in [0.25, 0.3) is 0 Å². The van der Waals surface area contributed by atoms with Gasteiger partial charge in [-0.3, -0.25) is 4.79 Å². The molecule has 1 fully saturated rings. The number of hydrogen-bond acceptors (Lipinski definition) is 4. The molecule has 21 heavy (non-hydrogen) atoms. The Morgan fingerprint density at radius 2 is 2.24 bits per heavy atom. The van der Waals surface area contributed by atoms with Gasteiger partial charge < -0.3 is 15.3 Å². The van der Waals surface area contributed by atoms with Crippen LogP contribution >= 0.6 is 11.8 Å². The summed E-state index contributed by atoms with van der Waals surface area (Å²) < 4.78 is 0. The van der Waals surface area contributed by atoms with Gasteiger partial charge in [0.05, 0.1) is 11.6 Å². The van der Waals surface area contributed by atoms with E-state index in [0.717, 1.165) is 29.2 Å². The number of carbonyl (C=O) groups excluding carboxylic acids is 1. The third-order valence-corrected chi connectivity index (χ3v) is 5.09. The van der Waals surface area contributed by atoms with Gasteiger partial charge in [0.15, 0.2) is 0 Å². The minimum atomic E-state index is -0.892. The third kappa shape index (κ3) is 2.91. The Labute approximate surface area is 127 Å². The van der Waals surface area contributed by atoms with E-state index in [9.17, 15) is 14.7 Å². The molecule has 1 saturated heterocycles. The molecule has 1 aromatic carbocycles. The maximum atomic E-state index is 12.5. The van der Waals surface area contributed by atoms with Crippen LogP contribution in [-0.2, 0) is 17.8 Å². The van der Waals surface area contributed by atoms with E-state index in [1.54, 1.807) is 23.9 Å². The molecule has 2 N–H and O–H groups in total. The molecule has 0 saturated carbocycles. The van der Waals surface area contributed by atoms with Crippen LogP contribution in [0.4, 0.5) is 0 Å². The van der Waals surface area contributed by atoms with Gasteiger partial charge in [-0.05, 0) is 23.6 Å². The van der Waals surface area contributed by atoms with Crippen molar-refractivity contribution in [2.45, 2.75) is 19.0 Å². The van der Waals surface area contributed by atoms with Crippen molar-refractivity contribution < 1.29 is 14.7 Å². The minimum absolute atomic E-state index is 0.104. The molecule has 5 nitrogen and oxygen atoms in total. The highest BCUT2D eigenvalue weighted by atomic mass is 32.2. The molecule has 0 radical (unpaired) electrons. The van der Waals surface area contributed by atoms with E-state index in [4.69, 9.17) is 0 Å². The zero-order valence-electron chi connectivity index (χ0n) is 11.7. The second kappa shape index (κ2) is 6.07. The number of rotatable bonds is 2. The summed E-state index contributed by atoms with van der Waals surface area (Å²) in [4.78, 5) is 25.6. The van der Waals surface area contributed by atoms with E-state index in [1.165, 1.54) is 0 Å². The molecule has 1 amide bonds. The van der Waals surface area contributed by atoms with Crippen molar-refractivity contribution in [1.82, 2.24) is 10.2 Å². The summed E-state index contributed by atoms with van der Waals surface area (Å²) in [5.74, 6) is 1.11. The van der Waals surface area contributed by atoms with Crippen molar-refractivity contribution >= 4 is 23.6 Å². The number of aromatic carboxylic acids is 1. The lowest BCUT2D eigenvalue weighted by Gasteiger charge is -2.33. The predicted molar refractivity (Wildman–Crippen MR) is 81.6 cm³/mol. The maximum Gasteiger partial charge on any atom is 0.335 e. The molecule has 6 heteroatoms. The molecule has 0 aromatic heterocycles. The highest BCUT2D eigenvalue weighted by molar-refractivity contribution is 7.99. The molecule has 112 valence electrons. The zero-order chi connectivity index (χ0) is 14.8. The van der Waals surface area contributed by atoms with E-state index >= 15 is 0 Å². The number of thioether (sulfide) groups is 1. The average Bonchev–Trinajstić information content (AvgIpc) is 2.53. The number of amides is 1. The number of nitrogens with zero attached hydrogens (tertiary/aromatic N) is 1. The highest BCUT2D eigenvalue weighted by Gasteiger charge is 2.29. The maximum absolute atomic E-state index is 12.5. The van der Waals surface area contributed by atoms with Gasteiger partial charge in [-0.2, -0.15) is 11.8 Å². The molecule has 2 aliphatic heterocycles. The van der Waals surface area contributed by atoms with Crippen molar-refractivity contribution in [3.05, 3.63) is 34.9 Å².